The lowest BCUT2D eigenvalue weighted by Crippen LogP contribution is -1.98. The average molecular weight is 205 g/mol. The van der Waals surface area contributed by atoms with Crippen molar-refractivity contribution in [2.75, 3.05) is 0 Å². The van der Waals surface area contributed by atoms with Gasteiger partial charge in [0, 0.05) is 11.4 Å². The predicted molar refractivity (Wildman–Crippen MR) is 65.5 cm³/mol. The van der Waals surface area contributed by atoms with Gasteiger partial charge in [0.25, 0.3) is 0 Å². The van der Waals surface area contributed by atoms with E-state index in [1.54, 1.807) is 11.1 Å². The molecule has 1 aliphatic carbocycles. The van der Waals surface area contributed by atoms with Crippen molar-refractivity contribution in [2.45, 2.75) is 65.2 Å². The van der Waals surface area contributed by atoms with Gasteiger partial charge in [0.15, 0.2) is 0 Å². The van der Waals surface area contributed by atoms with Gasteiger partial charge in [-0.3, -0.25) is 0 Å². The highest BCUT2D eigenvalue weighted by molar-refractivity contribution is 5.38. The molecule has 0 saturated heterocycles. The summed E-state index contributed by atoms with van der Waals surface area (Å²) < 4.78 is 0. The summed E-state index contributed by atoms with van der Waals surface area (Å²) in [5, 5.41) is 0. The molecule has 0 aliphatic heterocycles. The largest absolute Gasteiger partial charge is 0.362 e. The zero-order valence-electron chi connectivity index (χ0n) is 10.3. The molecule has 0 atom stereocenters. The lowest BCUT2D eigenvalue weighted by atomic mass is 9.95. The number of aryl methyl sites for hydroxylation is 1. The standard InChI is InChI=1S/C14H23N/c1-10(2)14-11(3)12-8-6-4-5-7-9-13(12)15-14/h10,15H,4-9H2,1-3H3. The minimum Gasteiger partial charge on any atom is -0.362 e. The van der Waals surface area contributed by atoms with E-state index < -0.39 is 0 Å². The first-order chi connectivity index (χ1) is 7.20. The molecule has 15 heavy (non-hydrogen) atoms. The Bertz CT molecular complexity index is 333. The van der Waals surface area contributed by atoms with Crippen LogP contribution in [0.2, 0.25) is 0 Å². The summed E-state index contributed by atoms with van der Waals surface area (Å²) in [6.45, 7) is 6.87. The van der Waals surface area contributed by atoms with E-state index in [2.05, 4.69) is 25.8 Å². The van der Waals surface area contributed by atoms with Gasteiger partial charge in [0.1, 0.15) is 0 Å². The van der Waals surface area contributed by atoms with Gasteiger partial charge >= 0.3 is 0 Å². The number of rotatable bonds is 1. The molecule has 0 saturated carbocycles. The Labute approximate surface area is 93.3 Å². The molecule has 1 heterocycles. The number of aromatic amines is 1. The summed E-state index contributed by atoms with van der Waals surface area (Å²) in [6, 6.07) is 0. The highest BCUT2D eigenvalue weighted by Crippen LogP contribution is 2.28. The number of fused-ring (bicyclic) bond motifs is 1. The van der Waals surface area contributed by atoms with E-state index in [-0.39, 0.29) is 0 Å². The fourth-order valence-electron chi connectivity index (χ4n) is 2.81. The van der Waals surface area contributed by atoms with E-state index in [0.717, 1.165) is 0 Å². The number of aromatic nitrogens is 1. The molecule has 0 radical (unpaired) electrons. The van der Waals surface area contributed by atoms with Crippen molar-refractivity contribution in [3.05, 3.63) is 22.5 Å². The molecule has 0 unspecified atom stereocenters. The minimum absolute atomic E-state index is 0.637. The smallest absolute Gasteiger partial charge is 0.0207 e. The van der Waals surface area contributed by atoms with E-state index >= 15 is 0 Å². The van der Waals surface area contributed by atoms with Crippen LogP contribution in [0.5, 0.6) is 0 Å². The lowest BCUT2D eigenvalue weighted by molar-refractivity contribution is 0.611. The SMILES string of the molecule is Cc1c(C(C)C)[nH]c2c1CCCCCC2. The van der Waals surface area contributed by atoms with Crippen molar-refractivity contribution < 1.29 is 0 Å². The molecule has 1 N–H and O–H groups in total. The second-order valence-corrected chi connectivity index (χ2v) is 5.19. The Kier molecular flexibility index (Phi) is 3.18. The van der Waals surface area contributed by atoms with Gasteiger partial charge in [-0.25, -0.2) is 0 Å². The van der Waals surface area contributed by atoms with Gasteiger partial charge in [-0.15, -0.1) is 0 Å². The molecule has 2 rings (SSSR count). The van der Waals surface area contributed by atoms with E-state index in [1.165, 1.54) is 49.9 Å². The maximum atomic E-state index is 3.67. The second kappa shape index (κ2) is 4.42. The average Bonchev–Trinajstić information content (AvgIpc) is 2.42. The molecule has 0 amide bonds. The van der Waals surface area contributed by atoms with Crippen molar-refractivity contribution in [3.8, 4) is 0 Å². The molecule has 0 fully saturated rings. The van der Waals surface area contributed by atoms with Crippen molar-refractivity contribution in [2.24, 2.45) is 0 Å². The lowest BCUT2D eigenvalue weighted by Gasteiger charge is -2.09. The summed E-state index contributed by atoms with van der Waals surface area (Å²) in [5.74, 6) is 0.637. The van der Waals surface area contributed by atoms with Crippen molar-refractivity contribution >= 4 is 0 Å². The van der Waals surface area contributed by atoms with Crippen LogP contribution in [0.1, 0.15) is 68.0 Å². The van der Waals surface area contributed by atoms with E-state index in [1.807, 2.05) is 0 Å². The number of hydrogen-bond donors (Lipinski definition) is 1. The van der Waals surface area contributed by atoms with Gasteiger partial charge in [-0.1, -0.05) is 26.7 Å². The molecule has 0 bridgehead atoms. The number of hydrogen-bond acceptors (Lipinski definition) is 0. The maximum Gasteiger partial charge on any atom is 0.0207 e. The highest BCUT2D eigenvalue weighted by Gasteiger charge is 2.16. The van der Waals surface area contributed by atoms with E-state index in [0.29, 0.717) is 5.92 Å². The van der Waals surface area contributed by atoms with Crippen LogP contribution in [0.3, 0.4) is 0 Å². The topological polar surface area (TPSA) is 15.8 Å². The van der Waals surface area contributed by atoms with Crippen LogP contribution in [-0.4, -0.2) is 4.98 Å². The Balaban J connectivity index is 2.35. The maximum absolute atomic E-state index is 3.67. The summed E-state index contributed by atoms with van der Waals surface area (Å²) in [7, 11) is 0. The van der Waals surface area contributed by atoms with Crippen molar-refractivity contribution in [3.63, 3.8) is 0 Å². The number of H-pyrrole nitrogens is 1. The van der Waals surface area contributed by atoms with Crippen LogP contribution in [0.15, 0.2) is 0 Å². The van der Waals surface area contributed by atoms with Crippen LogP contribution in [-0.2, 0) is 12.8 Å². The summed E-state index contributed by atoms with van der Waals surface area (Å²) in [5.41, 5.74) is 6.19. The van der Waals surface area contributed by atoms with Crippen LogP contribution < -0.4 is 0 Å². The monoisotopic (exact) mass is 205 g/mol. The Morgan fingerprint density at radius 3 is 2.33 bits per heavy atom. The Morgan fingerprint density at radius 1 is 1.00 bits per heavy atom. The van der Waals surface area contributed by atoms with Gasteiger partial charge in [-0.2, -0.15) is 0 Å². The second-order valence-electron chi connectivity index (χ2n) is 5.19. The number of nitrogens with one attached hydrogen (secondary N) is 1. The van der Waals surface area contributed by atoms with E-state index in [4.69, 9.17) is 0 Å². The summed E-state index contributed by atoms with van der Waals surface area (Å²) in [4.78, 5) is 3.67. The normalized spacial score (nSPS) is 17.3. The first-order valence-corrected chi connectivity index (χ1v) is 6.40. The first kappa shape index (κ1) is 10.8. The molecular formula is C14H23N. The third kappa shape index (κ3) is 2.11. The van der Waals surface area contributed by atoms with Crippen LogP contribution in [0.25, 0.3) is 0 Å². The third-order valence-corrected chi connectivity index (χ3v) is 3.69. The van der Waals surface area contributed by atoms with E-state index in [9.17, 15) is 0 Å². The molecule has 84 valence electrons. The molecular weight excluding hydrogens is 182 g/mol. The molecule has 1 aromatic rings. The van der Waals surface area contributed by atoms with Crippen LogP contribution >= 0.6 is 0 Å². The van der Waals surface area contributed by atoms with Gasteiger partial charge in [0.05, 0.1) is 0 Å². The predicted octanol–water partition coefficient (Wildman–Crippen LogP) is 4.11. The summed E-state index contributed by atoms with van der Waals surface area (Å²) >= 11 is 0. The van der Waals surface area contributed by atoms with Gasteiger partial charge < -0.3 is 4.98 Å². The Hall–Kier alpha value is -0.720. The molecule has 0 aromatic carbocycles. The third-order valence-electron chi connectivity index (χ3n) is 3.69. The van der Waals surface area contributed by atoms with Crippen molar-refractivity contribution in [1.82, 2.24) is 4.98 Å². The zero-order chi connectivity index (χ0) is 10.8. The minimum atomic E-state index is 0.637. The quantitative estimate of drug-likeness (QED) is 0.710. The Morgan fingerprint density at radius 2 is 1.67 bits per heavy atom. The molecule has 1 heteroatoms. The van der Waals surface area contributed by atoms with Crippen molar-refractivity contribution in [1.29, 1.82) is 0 Å². The van der Waals surface area contributed by atoms with Crippen LogP contribution in [0, 0.1) is 6.92 Å². The molecule has 1 nitrogen and oxygen atoms in total. The zero-order valence-corrected chi connectivity index (χ0v) is 10.3. The highest BCUT2D eigenvalue weighted by atomic mass is 14.7. The fraction of sp³-hybridized carbons (Fsp3) is 0.714. The van der Waals surface area contributed by atoms with Crippen LogP contribution in [0.4, 0.5) is 0 Å². The fourth-order valence-corrected chi connectivity index (χ4v) is 2.81. The first-order valence-electron chi connectivity index (χ1n) is 6.40. The van der Waals surface area contributed by atoms with Gasteiger partial charge in [-0.05, 0) is 49.7 Å². The van der Waals surface area contributed by atoms with Gasteiger partial charge in [0.2, 0.25) is 0 Å². The summed E-state index contributed by atoms with van der Waals surface area (Å²) in [6.07, 6.45) is 8.14. The molecule has 1 aromatic heterocycles. The molecule has 1 aliphatic rings. The molecule has 0 spiro atoms.